The van der Waals surface area contributed by atoms with Crippen molar-refractivity contribution in [2.75, 3.05) is 19.7 Å². The van der Waals surface area contributed by atoms with Gasteiger partial charge >= 0.3 is 5.97 Å². The molecule has 4 aromatic rings. The molecule has 0 aliphatic rings. The third-order valence-corrected chi connectivity index (χ3v) is 5.47. The van der Waals surface area contributed by atoms with Crippen molar-refractivity contribution >= 4 is 33.5 Å². The summed E-state index contributed by atoms with van der Waals surface area (Å²) in [6.45, 7) is 1.51. The minimum Gasteiger partial charge on any atom is -0.488 e. The Morgan fingerprint density at radius 3 is 2.85 bits per heavy atom. The topological polar surface area (TPSA) is 154 Å². The van der Waals surface area contributed by atoms with Gasteiger partial charge in [0.1, 0.15) is 6.61 Å². The average molecular weight is 462 g/mol. The lowest BCUT2D eigenvalue weighted by Gasteiger charge is -2.08. The van der Waals surface area contributed by atoms with Crippen LogP contribution in [0.15, 0.2) is 47.0 Å². The molecule has 10 nitrogen and oxygen atoms in total. The number of rotatable bonds is 11. The van der Waals surface area contributed by atoms with Crippen LogP contribution in [0.5, 0.6) is 5.75 Å². The summed E-state index contributed by atoms with van der Waals surface area (Å²) in [5, 5.41) is 34.0. The van der Waals surface area contributed by atoms with Crippen LogP contribution < -0.4 is 10.1 Å². The molecule has 174 valence electrons. The van der Waals surface area contributed by atoms with Crippen molar-refractivity contribution in [1.82, 2.24) is 10.3 Å². The molecule has 2 aromatic heterocycles. The van der Waals surface area contributed by atoms with Gasteiger partial charge in [0.25, 0.3) is 5.69 Å². The standard InChI is InChI=1S/C24H22N4O6/c25-13-15-4-5-20-19(9-15)16(14-27-20)3-1-2-6-26-7-8-33-21-12-18(28(31)32)10-17-11-22(24(29)30)34-23(17)21/h4-5,9-12,14,26-27H,1-3,6-8H2,(H,29,30). The van der Waals surface area contributed by atoms with E-state index in [2.05, 4.69) is 16.4 Å². The van der Waals surface area contributed by atoms with Gasteiger partial charge in [-0.3, -0.25) is 10.1 Å². The summed E-state index contributed by atoms with van der Waals surface area (Å²) in [4.78, 5) is 25.0. The number of fused-ring (bicyclic) bond motifs is 2. The first-order valence-corrected chi connectivity index (χ1v) is 10.7. The highest BCUT2D eigenvalue weighted by Crippen LogP contribution is 2.33. The fraction of sp³-hybridized carbons (Fsp3) is 0.250. The van der Waals surface area contributed by atoms with Crippen LogP contribution in [0.4, 0.5) is 5.69 Å². The molecule has 0 radical (unpaired) electrons. The zero-order valence-corrected chi connectivity index (χ0v) is 18.2. The normalized spacial score (nSPS) is 11.0. The van der Waals surface area contributed by atoms with Crippen LogP contribution in [0.1, 0.15) is 34.5 Å². The van der Waals surface area contributed by atoms with Crippen LogP contribution in [0.25, 0.3) is 21.9 Å². The number of carboxylic acid groups (broad SMARTS) is 1. The molecule has 0 atom stereocenters. The van der Waals surface area contributed by atoms with Crippen LogP contribution in [0.2, 0.25) is 0 Å². The quantitative estimate of drug-likeness (QED) is 0.168. The number of unbranched alkanes of at least 4 members (excludes halogenated alkanes) is 1. The number of nitriles is 1. The van der Waals surface area contributed by atoms with Crippen molar-refractivity contribution < 1.29 is 24.0 Å². The summed E-state index contributed by atoms with van der Waals surface area (Å²) in [6.07, 6.45) is 4.78. The molecule has 4 rings (SSSR count). The van der Waals surface area contributed by atoms with E-state index in [9.17, 15) is 14.9 Å². The highest BCUT2D eigenvalue weighted by molar-refractivity contribution is 5.94. The third kappa shape index (κ3) is 5.00. The number of hydrogen-bond donors (Lipinski definition) is 3. The second kappa shape index (κ2) is 10.1. The molecule has 0 fully saturated rings. The van der Waals surface area contributed by atoms with Crippen LogP contribution in [-0.4, -0.2) is 40.7 Å². The molecule has 2 aromatic carbocycles. The van der Waals surface area contributed by atoms with Crippen molar-refractivity contribution in [3.8, 4) is 11.8 Å². The Labute approximate surface area is 193 Å². The number of H-pyrrole nitrogens is 1. The van der Waals surface area contributed by atoms with E-state index in [0.29, 0.717) is 17.5 Å². The second-order valence-electron chi connectivity index (χ2n) is 7.78. The van der Waals surface area contributed by atoms with E-state index in [-0.39, 0.29) is 29.4 Å². The average Bonchev–Trinajstić information content (AvgIpc) is 3.44. The predicted molar refractivity (Wildman–Crippen MR) is 124 cm³/mol. The molecule has 2 heterocycles. The SMILES string of the molecule is N#Cc1ccc2[nH]cc(CCCCNCCOc3cc([N+](=O)[O-])cc4cc(C(=O)O)oc34)c2c1. The molecule has 0 bridgehead atoms. The van der Waals surface area contributed by atoms with Gasteiger partial charge in [-0.15, -0.1) is 0 Å². The van der Waals surface area contributed by atoms with E-state index in [4.69, 9.17) is 19.5 Å². The number of aromatic carboxylic acids is 1. The summed E-state index contributed by atoms with van der Waals surface area (Å²) < 4.78 is 11.0. The molecule has 3 N–H and O–H groups in total. The van der Waals surface area contributed by atoms with E-state index in [1.807, 2.05) is 18.3 Å². The zero-order valence-electron chi connectivity index (χ0n) is 18.2. The smallest absolute Gasteiger partial charge is 0.371 e. The second-order valence-corrected chi connectivity index (χ2v) is 7.78. The monoisotopic (exact) mass is 462 g/mol. The van der Waals surface area contributed by atoms with Crippen LogP contribution in [0, 0.1) is 21.4 Å². The number of carbonyl (C=O) groups is 1. The molecule has 0 unspecified atom stereocenters. The van der Waals surface area contributed by atoms with E-state index >= 15 is 0 Å². The number of aromatic nitrogens is 1. The van der Waals surface area contributed by atoms with Crippen molar-refractivity contribution in [2.24, 2.45) is 0 Å². The van der Waals surface area contributed by atoms with Gasteiger partial charge in [0, 0.05) is 35.1 Å². The van der Waals surface area contributed by atoms with Gasteiger partial charge in [0.15, 0.2) is 11.3 Å². The number of benzene rings is 2. The molecule has 0 saturated carbocycles. The fourth-order valence-corrected chi connectivity index (χ4v) is 3.80. The van der Waals surface area contributed by atoms with Crippen molar-refractivity contribution in [1.29, 1.82) is 5.26 Å². The number of carboxylic acids is 1. The van der Waals surface area contributed by atoms with E-state index in [0.717, 1.165) is 36.7 Å². The van der Waals surface area contributed by atoms with Gasteiger partial charge in [0.05, 0.1) is 22.6 Å². The minimum atomic E-state index is -1.26. The maximum Gasteiger partial charge on any atom is 0.371 e. The van der Waals surface area contributed by atoms with E-state index < -0.39 is 10.9 Å². The van der Waals surface area contributed by atoms with Crippen molar-refractivity contribution in [3.05, 3.63) is 69.6 Å². The number of nitrogens with one attached hydrogen (secondary N) is 2. The number of non-ortho nitro benzene ring substituents is 1. The van der Waals surface area contributed by atoms with Gasteiger partial charge in [-0.1, -0.05) is 0 Å². The van der Waals surface area contributed by atoms with Gasteiger partial charge < -0.3 is 24.6 Å². The Morgan fingerprint density at radius 1 is 1.24 bits per heavy atom. The first-order chi connectivity index (χ1) is 16.5. The molecule has 0 amide bonds. The third-order valence-electron chi connectivity index (χ3n) is 5.47. The number of aryl methyl sites for hydroxylation is 1. The van der Waals surface area contributed by atoms with Gasteiger partial charge in [-0.25, -0.2) is 4.79 Å². The van der Waals surface area contributed by atoms with Gasteiger partial charge in [-0.2, -0.15) is 5.26 Å². The Hall–Kier alpha value is -4.36. The van der Waals surface area contributed by atoms with Crippen LogP contribution in [-0.2, 0) is 6.42 Å². The lowest BCUT2D eigenvalue weighted by Crippen LogP contribution is -2.22. The highest BCUT2D eigenvalue weighted by Gasteiger charge is 2.19. The Bertz CT molecular complexity index is 1400. The molecule has 34 heavy (non-hydrogen) atoms. The molecule has 0 spiro atoms. The minimum absolute atomic E-state index is 0.134. The largest absolute Gasteiger partial charge is 0.488 e. The maximum absolute atomic E-state index is 11.2. The summed E-state index contributed by atoms with van der Waals surface area (Å²) in [5.74, 6) is -1.43. The fourth-order valence-electron chi connectivity index (χ4n) is 3.80. The number of ether oxygens (including phenoxy) is 1. The molecule has 10 heteroatoms. The maximum atomic E-state index is 11.2. The first-order valence-electron chi connectivity index (χ1n) is 10.7. The Kier molecular flexibility index (Phi) is 6.75. The van der Waals surface area contributed by atoms with E-state index in [1.165, 1.54) is 23.8 Å². The van der Waals surface area contributed by atoms with Crippen LogP contribution >= 0.6 is 0 Å². The highest BCUT2D eigenvalue weighted by atomic mass is 16.6. The van der Waals surface area contributed by atoms with E-state index in [1.54, 1.807) is 6.07 Å². The molecule has 0 aliphatic carbocycles. The number of aromatic amines is 1. The summed E-state index contributed by atoms with van der Waals surface area (Å²) >= 11 is 0. The number of hydrogen-bond acceptors (Lipinski definition) is 7. The Balaban J connectivity index is 1.25. The lowest BCUT2D eigenvalue weighted by molar-refractivity contribution is -0.384. The lowest BCUT2D eigenvalue weighted by atomic mass is 10.1. The van der Waals surface area contributed by atoms with Crippen molar-refractivity contribution in [3.63, 3.8) is 0 Å². The predicted octanol–water partition coefficient (Wildman–Crippen LogP) is 4.38. The molecular formula is C24H22N4O6. The summed E-state index contributed by atoms with van der Waals surface area (Å²) in [5.41, 5.74) is 2.81. The molecule has 0 saturated heterocycles. The number of furan rings is 1. The first kappa shape index (κ1) is 22.8. The molecular weight excluding hydrogens is 440 g/mol. The van der Waals surface area contributed by atoms with Crippen molar-refractivity contribution in [2.45, 2.75) is 19.3 Å². The number of nitro groups is 1. The Morgan fingerprint density at radius 2 is 2.09 bits per heavy atom. The van der Waals surface area contributed by atoms with Gasteiger partial charge in [-0.05, 0) is 55.6 Å². The van der Waals surface area contributed by atoms with Crippen LogP contribution in [0.3, 0.4) is 0 Å². The van der Waals surface area contributed by atoms with Gasteiger partial charge in [0.2, 0.25) is 5.76 Å². The summed E-state index contributed by atoms with van der Waals surface area (Å²) in [6, 6.07) is 11.5. The summed E-state index contributed by atoms with van der Waals surface area (Å²) in [7, 11) is 0. The number of nitrogens with zero attached hydrogens (tertiary/aromatic N) is 2. The molecule has 0 aliphatic heterocycles. The zero-order chi connectivity index (χ0) is 24.1. The number of nitro benzene ring substituents is 1.